The normalized spacial score (nSPS) is 15.4. The molecule has 0 aromatic carbocycles. The van der Waals surface area contributed by atoms with Gasteiger partial charge in [-0.25, -0.2) is 4.98 Å². The molecule has 0 unspecified atom stereocenters. The van der Waals surface area contributed by atoms with E-state index in [9.17, 15) is 19.7 Å². The van der Waals surface area contributed by atoms with E-state index in [0.717, 1.165) is 12.3 Å². The smallest absolute Gasteiger partial charge is 0.288 e. The van der Waals surface area contributed by atoms with E-state index in [-0.39, 0.29) is 29.5 Å². The first kappa shape index (κ1) is 13.7. The minimum atomic E-state index is -0.654. The van der Waals surface area contributed by atoms with Crippen molar-refractivity contribution in [2.45, 2.75) is 6.42 Å². The number of pyridine rings is 1. The lowest BCUT2D eigenvalue weighted by Crippen LogP contribution is -2.37. The second-order valence-corrected chi connectivity index (χ2v) is 4.31. The van der Waals surface area contributed by atoms with E-state index in [1.165, 1.54) is 4.90 Å². The standard InChI is InChI=1S/C11H13N5O4/c12-10-8(4-7(5-14-10)16(19)20)11(18)15-3-1-2-13-9(17)6-15/h4-5H,1-3,6H2,(H2,12,14)(H,13,17). The molecule has 1 aliphatic rings. The molecule has 1 aliphatic heterocycles. The highest BCUT2D eigenvalue weighted by Gasteiger charge is 2.24. The lowest BCUT2D eigenvalue weighted by atomic mass is 10.2. The van der Waals surface area contributed by atoms with Crippen LogP contribution in [0.3, 0.4) is 0 Å². The van der Waals surface area contributed by atoms with Crippen LogP contribution >= 0.6 is 0 Å². The maximum Gasteiger partial charge on any atom is 0.288 e. The Bertz CT molecular complexity index is 574. The number of amides is 2. The largest absolute Gasteiger partial charge is 0.383 e. The number of carbonyl (C=O) groups excluding carboxylic acids is 2. The third kappa shape index (κ3) is 2.82. The molecule has 1 fully saturated rings. The average Bonchev–Trinajstić information content (AvgIpc) is 2.63. The van der Waals surface area contributed by atoms with Crippen molar-refractivity contribution in [3.63, 3.8) is 0 Å². The number of nitrogen functional groups attached to an aromatic ring is 1. The Morgan fingerprint density at radius 2 is 2.30 bits per heavy atom. The Hall–Kier alpha value is -2.71. The molecule has 0 atom stereocenters. The SMILES string of the molecule is Nc1ncc([N+](=O)[O-])cc1C(=O)N1CCCNC(=O)C1. The molecule has 1 saturated heterocycles. The number of anilines is 1. The summed E-state index contributed by atoms with van der Waals surface area (Å²) in [6, 6.07) is 1.08. The molecule has 1 aromatic heterocycles. The molecule has 1 aromatic rings. The third-order valence-corrected chi connectivity index (χ3v) is 2.89. The number of nitro groups is 1. The minimum Gasteiger partial charge on any atom is -0.383 e. The van der Waals surface area contributed by atoms with Gasteiger partial charge in [0.25, 0.3) is 11.6 Å². The highest BCUT2D eigenvalue weighted by Crippen LogP contribution is 2.19. The van der Waals surface area contributed by atoms with Crippen LogP contribution in [0.1, 0.15) is 16.8 Å². The van der Waals surface area contributed by atoms with E-state index < -0.39 is 10.8 Å². The monoisotopic (exact) mass is 279 g/mol. The maximum absolute atomic E-state index is 12.3. The number of aromatic nitrogens is 1. The first-order valence-electron chi connectivity index (χ1n) is 5.95. The van der Waals surface area contributed by atoms with Crippen LogP contribution in [0.2, 0.25) is 0 Å². The van der Waals surface area contributed by atoms with Gasteiger partial charge in [0.15, 0.2) is 0 Å². The van der Waals surface area contributed by atoms with Gasteiger partial charge in [-0.3, -0.25) is 19.7 Å². The van der Waals surface area contributed by atoms with E-state index in [1.807, 2.05) is 0 Å². The molecule has 2 rings (SSSR count). The Balaban J connectivity index is 2.29. The molecule has 0 radical (unpaired) electrons. The van der Waals surface area contributed by atoms with Crippen molar-refractivity contribution in [2.75, 3.05) is 25.4 Å². The van der Waals surface area contributed by atoms with Gasteiger partial charge >= 0.3 is 0 Å². The van der Waals surface area contributed by atoms with Gasteiger partial charge in [0, 0.05) is 19.2 Å². The molecule has 0 aliphatic carbocycles. The molecule has 106 valence electrons. The van der Waals surface area contributed by atoms with Gasteiger partial charge in [-0.2, -0.15) is 0 Å². The quantitative estimate of drug-likeness (QED) is 0.556. The average molecular weight is 279 g/mol. The summed E-state index contributed by atoms with van der Waals surface area (Å²) in [5.74, 6) is -0.895. The lowest BCUT2D eigenvalue weighted by molar-refractivity contribution is -0.385. The minimum absolute atomic E-state index is 0.0612. The molecular formula is C11H13N5O4. The number of nitrogens with zero attached hydrogens (tertiary/aromatic N) is 3. The molecule has 0 saturated carbocycles. The van der Waals surface area contributed by atoms with Gasteiger partial charge in [-0.15, -0.1) is 0 Å². The zero-order valence-electron chi connectivity index (χ0n) is 10.5. The number of nitrogens with one attached hydrogen (secondary N) is 1. The summed E-state index contributed by atoms with van der Waals surface area (Å²) in [6.07, 6.45) is 1.60. The molecule has 0 bridgehead atoms. The Morgan fingerprint density at radius 3 is 3.00 bits per heavy atom. The Labute approximate surface area is 113 Å². The van der Waals surface area contributed by atoms with Crippen molar-refractivity contribution in [3.8, 4) is 0 Å². The van der Waals surface area contributed by atoms with Crippen molar-refractivity contribution in [3.05, 3.63) is 27.9 Å². The Morgan fingerprint density at radius 1 is 1.55 bits per heavy atom. The van der Waals surface area contributed by atoms with Crippen molar-refractivity contribution >= 4 is 23.3 Å². The predicted octanol–water partition coefficient (Wildman–Crippen LogP) is -0.466. The van der Waals surface area contributed by atoms with Crippen LogP contribution in [0.4, 0.5) is 11.5 Å². The summed E-state index contributed by atoms with van der Waals surface area (Å²) in [7, 11) is 0. The van der Waals surface area contributed by atoms with E-state index in [4.69, 9.17) is 5.73 Å². The molecule has 20 heavy (non-hydrogen) atoms. The lowest BCUT2D eigenvalue weighted by Gasteiger charge is -2.19. The fraction of sp³-hybridized carbons (Fsp3) is 0.364. The third-order valence-electron chi connectivity index (χ3n) is 2.89. The fourth-order valence-electron chi connectivity index (χ4n) is 1.89. The molecule has 9 heteroatoms. The number of carbonyl (C=O) groups is 2. The van der Waals surface area contributed by atoms with Gasteiger partial charge < -0.3 is 16.0 Å². The van der Waals surface area contributed by atoms with Crippen molar-refractivity contribution in [1.82, 2.24) is 15.2 Å². The summed E-state index contributed by atoms with van der Waals surface area (Å²) in [6.45, 7) is 0.770. The molecule has 3 N–H and O–H groups in total. The summed E-state index contributed by atoms with van der Waals surface area (Å²) >= 11 is 0. The zero-order valence-corrected chi connectivity index (χ0v) is 10.5. The second-order valence-electron chi connectivity index (χ2n) is 4.31. The summed E-state index contributed by atoms with van der Waals surface area (Å²) < 4.78 is 0. The van der Waals surface area contributed by atoms with Gasteiger partial charge in [0.2, 0.25) is 5.91 Å². The number of hydrogen-bond donors (Lipinski definition) is 2. The van der Waals surface area contributed by atoms with Crippen LogP contribution in [-0.4, -0.2) is 46.3 Å². The van der Waals surface area contributed by atoms with E-state index in [0.29, 0.717) is 19.5 Å². The van der Waals surface area contributed by atoms with E-state index in [2.05, 4.69) is 10.3 Å². The highest BCUT2D eigenvalue weighted by molar-refractivity contribution is 6.00. The van der Waals surface area contributed by atoms with Crippen molar-refractivity contribution in [2.24, 2.45) is 0 Å². The Kier molecular flexibility index (Phi) is 3.78. The van der Waals surface area contributed by atoms with Gasteiger partial charge in [-0.05, 0) is 6.42 Å². The highest BCUT2D eigenvalue weighted by atomic mass is 16.6. The summed E-state index contributed by atoms with van der Waals surface area (Å²) in [4.78, 5) is 38.7. The number of hydrogen-bond acceptors (Lipinski definition) is 6. The number of rotatable bonds is 2. The van der Waals surface area contributed by atoms with Crippen LogP contribution in [0.25, 0.3) is 0 Å². The molecule has 2 heterocycles. The first-order chi connectivity index (χ1) is 9.49. The number of nitrogens with two attached hydrogens (primary N) is 1. The second kappa shape index (κ2) is 5.51. The topological polar surface area (TPSA) is 131 Å². The fourth-order valence-corrected chi connectivity index (χ4v) is 1.89. The molecular weight excluding hydrogens is 266 g/mol. The summed E-state index contributed by atoms with van der Waals surface area (Å²) in [5.41, 5.74) is 5.21. The molecule has 2 amide bonds. The van der Waals surface area contributed by atoms with Crippen molar-refractivity contribution in [1.29, 1.82) is 0 Å². The van der Waals surface area contributed by atoms with Crippen LogP contribution in [0, 0.1) is 10.1 Å². The van der Waals surface area contributed by atoms with Gasteiger partial charge in [0.05, 0.1) is 17.0 Å². The zero-order chi connectivity index (χ0) is 14.7. The van der Waals surface area contributed by atoms with Crippen LogP contribution in [0.5, 0.6) is 0 Å². The van der Waals surface area contributed by atoms with Crippen LogP contribution in [-0.2, 0) is 4.79 Å². The van der Waals surface area contributed by atoms with Crippen molar-refractivity contribution < 1.29 is 14.5 Å². The van der Waals surface area contributed by atoms with Crippen LogP contribution in [0.15, 0.2) is 12.3 Å². The first-order valence-corrected chi connectivity index (χ1v) is 5.95. The van der Waals surface area contributed by atoms with Crippen LogP contribution < -0.4 is 11.1 Å². The van der Waals surface area contributed by atoms with Gasteiger partial charge in [-0.1, -0.05) is 0 Å². The predicted molar refractivity (Wildman–Crippen MR) is 68.8 cm³/mol. The summed E-state index contributed by atoms with van der Waals surface area (Å²) in [5, 5.41) is 13.3. The van der Waals surface area contributed by atoms with E-state index in [1.54, 1.807) is 0 Å². The van der Waals surface area contributed by atoms with Gasteiger partial charge in [0.1, 0.15) is 12.0 Å². The molecule has 9 nitrogen and oxygen atoms in total. The maximum atomic E-state index is 12.3. The molecule has 0 spiro atoms. The van der Waals surface area contributed by atoms with E-state index >= 15 is 0 Å².